The van der Waals surface area contributed by atoms with Gasteiger partial charge in [-0.3, -0.25) is 4.79 Å². The molecule has 0 aliphatic heterocycles. The minimum atomic E-state index is -0.964. The number of carboxylic acid groups (broad SMARTS) is 1. The molecule has 112 valence electrons. The molecule has 0 bridgehead atoms. The highest BCUT2D eigenvalue weighted by atomic mass is 16.4. The van der Waals surface area contributed by atoms with Crippen molar-refractivity contribution in [3.8, 4) is 0 Å². The molecule has 0 aliphatic rings. The predicted octanol–water partition coefficient (Wildman–Crippen LogP) is 3.86. The second-order valence-electron chi connectivity index (χ2n) is 6.36. The van der Waals surface area contributed by atoms with E-state index in [0.29, 0.717) is 17.6 Å². The van der Waals surface area contributed by atoms with Crippen LogP contribution in [0.25, 0.3) is 10.9 Å². The summed E-state index contributed by atoms with van der Waals surface area (Å²) in [6, 6.07) is 3.67. The molecule has 0 unspecified atom stereocenters. The van der Waals surface area contributed by atoms with E-state index in [1.807, 2.05) is 38.3 Å². The average molecular weight is 287 g/mol. The molecule has 2 aromatic rings. The van der Waals surface area contributed by atoms with Gasteiger partial charge < -0.3 is 9.67 Å². The molecule has 0 spiro atoms. The van der Waals surface area contributed by atoms with Crippen molar-refractivity contribution >= 4 is 22.7 Å². The number of benzene rings is 1. The lowest BCUT2D eigenvalue weighted by atomic mass is 9.85. The van der Waals surface area contributed by atoms with Crippen molar-refractivity contribution in [3.63, 3.8) is 0 Å². The summed E-state index contributed by atoms with van der Waals surface area (Å²) in [6.07, 6.45) is 1.76. The maximum Gasteiger partial charge on any atom is 0.337 e. The van der Waals surface area contributed by atoms with Gasteiger partial charge in [0.25, 0.3) is 0 Å². The van der Waals surface area contributed by atoms with Gasteiger partial charge in [-0.15, -0.1) is 0 Å². The fourth-order valence-electron chi connectivity index (χ4n) is 2.57. The van der Waals surface area contributed by atoms with Crippen molar-refractivity contribution in [1.82, 2.24) is 4.57 Å². The number of Topliss-reactive ketones (excluding diaryl/α,β-unsaturated/α-hetero) is 1. The van der Waals surface area contributed by atoms with E-state index < -0.39 is 5.97 Å². The summed E-state index contributed by atoms with van der Waals surface area (Å²) in [5.74, 6) is -1.01. The fourth-order valence-corrected chi connectivity index (χ4v) is 2.57. The molecule has 1 aromatic carbocycles. The second-order valence-corrected chi connectivity index (χ2v) is 6.36. The molecule has 0 radical (unpaired) electrons. The molecule has 0 atom stereocenters. The number of fused-ring (bicyclic) bond motifs is 1. The number of aromatic nitrogens is 1. The van der Waals surface area contributed by atoms with Gasteiger partial charge in [0.05, 0.1) is 11.1 Å². The van der Waals surface area contributed by atoms with E-state index >= 15 is 0 Å². The van der Waals surface area contributed by atoms with Crippen molar-refractivity contribution in [2.24, 2.45) is 0 Å². The zero-order chi connectivity index (χ0) is 15.9. The van der Waals surface area contributed by atoms with Crippen LogP contribution in [0.3, 0.4) is 0 Å². The summed E-state index contributed by atoms with van der Waals surface area (Å²) in [6.45, 7) is 10.2. The number of carbonyl (C=O) groups is 2. The van der Waals surface area contributed by atoms with Crippen LogP contribution >= 0.6 is 0 Å². The van der Waals surface area contributed by atoms with Crippen LogP contribution in [0.5, 0.6) is 0 Å². The summed E-state index contributed by atoms with van der Waals surface area (Å²) in [5.41, 5.74) is 2.21. The summed E-state index contributed by atoms with van der Waals surface area (Å²) < 4.78 is 1.84. The Morgan fingerprint density at radius 1 is 1.19 bits per heavy atom. The molecule has 0 aliphatic carbocycles. The molecule has 1 heterocycles. The van der Waals surface area contributed by atoms with Crippen LogP contribution in [0.1, 0.15) is 60.9 Å². The summed E-state index contributed by atoms with van der Waals surface area (Å²) >= 11 is 0. The molecular formula is C17H21NO3. The Morgan fingerprint density at radius 2 is 1.81 bits per heavy atom. The van der Waals surface area contributed by atoms with Crippen LogP contribution in [-0.4, -0.2) is 21.4 Å². The number of hydrogen-bond donors (Lipinski definition) is 1. The van der Waals surface area contributed by atoms with Crippen LogP contribution in [-0.2, 0) is 12.0 Å². The Balaban J connectivity index is 2.97. The highest BCUT2D eigenvalue weighted by molar-refractivity contribution is 6.12. The maximum atomic E-state index is 11.9. The fraction of sp³-hybridized carbons (Fsp3) is 0.412. The zero-order valence-electron chi connectivity index (χ0n) is 13.2. The van der Waals surface area contributed by atoms with Gasteiger partial charge in [0, 0.05) is 23.7 Å². The first-order valence-electron chi connectivity index (χ1n) is 7.08. The first-order valence-corrected chi connectivity index (χ1v) is 7.08. The summed E-state index contributed by atoms with van der Waals surface area (Å²) in [4.78, 5) is 23.5. The van der Waals surface area contributed by atoms with E-state index in [9.17, 15) is 14.7 Å². The van der Waals surface area contributed by atoms with Gasteiger partial charge in [-0.05, 0) is 37.0 Å². The number of rotatable bonds is 3. The number of aryl methyl sites for hydroxylation is 1. The first-order chi connectivity index (χ1) is 9.66. The standard InChI is InChI=1S/C17H21NO3/c1-6-18-9-14(10(2)19)12-7-11(17(3,4)5)8-13(15(12)18)16(20)21/h7-9H,6H2,1-5H3,(H,20,21). The minimum absolute atomic E-state index is 0.0467. The topological polar surface area (TPSA) is 59.3 Å². The second kappa shape index (κ2) is 5.02. The minimum Gasteiger partial charge on any atom is -0.478 e. The van der Waals surface area contributed by atoms with E-state index in [4.69, 9.17) is 0 Å². The van der Waals surface area contributed by atoms with Crippen LogP contribution < -0.4 is 0 Å². The molecular weight excluding hydrogens is 266 g/mol. The van der Waals surface area contributed by atoms with Gasteiger partial charge in [-0.1, -0.05) is 20.8 Å². The smallest absolute Gasteiger partial charge is 0.337 e. The van der Waals surface area contributed by atoms with Crippen molar-refractivity contribution in [1.29, 1.82) is 0 Å². The number of ketones is 1. The number of carboxylic acids is 1. The Morgan fingerprint density at radius 3 is 2.24 bits per heavy atom. The molecule has 1 aromatic heterocycles. The summed E-state index contributed by atoms with van der Waals surface area (Å²) in [5, 5.41) is 10.3. The first kappa shape index (κ1) is 15.3. The number of carbonyl (C=O) groups excluding carboxylic acids is 1. The van der Waals surface area contributed by atoms with Crippen LogP contribution in [0.2, 0.25) is 0 Å². The summed E-state index contributed by atoms with van der Waals surface area (Å²) in [7, 11) is 0. The molecule has 2 rings (SSSR count). The van der Waals surface area contributed by atoms with Gasteiger partial charge in [-0.2, -0.15) is 0 Å². The third-order valence-electron chi connectivity index (χ3n) is 3.79. The van der Waals surface area contributed by atoms with Gasteiger partial charge in [0.1, 0.15) is 0 Å². The highest BCUT2D eigenvalue weighted by Gasteiger charge is 2.23. The van der Waals surface area contributed by atoms with E-state index in [2.05, 4.69) is 0 Å². The third kappa shape index (κ3) is 2.58. The molecule has 0 saturated heterocycles. The quantitative estimate of drug-likeness (QED) is 0.872. The molecule has 0 saturated carbocycles. The molecule has 4 nitrogen and oxygen atoms in total. The highest BCUT2D eigenvalue weighted by Crippen LogP contribution is 2.32. The molecule has 21 heavy (non-hydrogen) atoms. The normalized spacial score (nSPS) is 11.9. The van der Waals surface area contributed by atoms with Crippen LogP contribution in [0.15, 0.2) is 18.3 Å². The molecule has 0 fully saturated rings. The lowest BCUT2D eigenvalue weighted by molar-refractivity contribution is 0.0698. The van der Waals surface area contributed by atoms with Gasteiger partial charge >= 0.3 is 5.97 Å². The van der Waals surface area contributed by atoms with Crippen LogP contribution in [0.4, 0.5) is 0 Å². The zero-order valence-corrected chi connectivity index (χ0v) is 13.2. The lowest BCUT2D eigenvalue weighted by Gasteiger charge is -2.20. The molecule has 1 N–H and O–H groups in total. The Bertz CT molecular complexity index is 733. The number of nitrogens with zero attached hydrogens (tertiary/aromatic N) is 1. The Labute approximate surface area is 124 Å². The predicted molar refractivity (Wildman–Crippen MR) is 83.3 cm³/mol. The van der Waals surface area contributed by atoms with E-state index in [1.165, 1.54) is 6.92 Å². The van der Waals surface area contributed by atoms with Gasteiger partial charge in [-0.25, -0.2) is 4.79 Å². The van der Waals surface area contributed by atoms with Gasteiger partial charge in [0.15, 0.2) is 5.78 Å². The monoisotopic (exact) mass is 287 g/mol. The third-order valence-corrected chi connectivity index (χ3v) is 3.79. The largest absolute Gasteiger partial charge is 0.478 e. The number of hydrogen-bond acceptors (Lipinski definition) is 2. The molecule has 4 heteroatoms. The lowest BCUT2D eigenvalue weighted by Crippen LogP contribution is -2.13. The maximum absolute atomic E-state index is 11.9. The van der Waals surface area contributed by atoms with E-state index in [0.717, 1.165) is 10.9 Å². The Kier molecular flexibility index (Phi) is 3.66. The van der Waals surface area contributed by atoms with Gasteiger partial charge in [0.2, 0.25) is 0 Å². The van der Waals surface area contributed by atoms with Crippen molar-refractivity contribution in [2.75, 3.05) is 0 Å². The van der Waals surface area contributed by atoms with E-state index in [-0.39, 0.29) is 16.8 Å². The number of aromatic carboxylic acids is 1. The average Bonchev–Trinajstić information content (AvgIpc) is 2.75. The Hall–Kier alpha value is -2.10. The van der Waals surface area contributed by atoms with E-state index in [1.54, 1.807) is 12.3 Å². The SMILES string of the molecule is CCn1cc(C(C)=O)c2cc(C(C)(C)C)cc(C(=O)O)c21. The molecule has 0 amide bonds. The van der Waals surface area contributed by atoms with Crippen molar-refractivity contribution < 1.29 is 14.7 Å². The van der Waals surface area contributed by atoms with Crippen molar-refractivity contribution in [2.45, 2.75) is 46.6 Å². The van der Waals surface area contributed by atoms with Crippen LogP contribution in [0, 0.1) is 0 Å². The van der Waals surface area contributed by atoms with Crippen molar-refractivity contribution in [3.05, 3.63) is 35.0 Å².